The van der Waals surface area contributed by atoms with Crippen molar-refractivity contribution in [3.05, 3.63) is 30.0 Å². The zero-order valence-electron chi connectivity index (χ0n) is 8.19. The molecular weight excluding hydrogens is 196 g/mol. The van der Waals surface area contributed by atoms with E-state index in [2.05, 4.69) is 0 Å². The van der Waals surface area contributed by atoms with Crippen LogP contribution in [0.15, 0.2) is 28.7 Å². The van der Waals surface area contributed by atoms with Crippen LogP contribution in [0.1, 0.15) is 5.76 Å². The maximum atomic E-state index is 10.5. The van der Waals surface area contributed by atoms with E-state index in [-0.39, 0.29) is 6.42 Å². The maximum absolute atomic E-state index is 10.5. The van der Waals surface area contributed by atoms with Crippen molar-refractivity contribution in [2.24, 2.45) is 0 Å². The van der Waals surface area contributed by atoms with Crippen LogP contribution in [0.25, 0.3) is 11.0 Å². The Morgan fingerprint density at radius 1 is 1.47 bits per heavy atom. The quantitative estimate of drug-likeness (QED) is 0.835. The van der Waals surface area contributed by atoms with Crippen LogP contribution < -0.4 is 4.74 Å². The number of methoxy groups -OCH3 is 1. The number of hydrogen-bond donors (Lipinski definition) is 1. The molecule has 0 aliphatic carbocycles. The molecule has 0 aliphatic heterocycles. The predicted molar refractivity (Wildman–Crippen MR) is 54.1 cm³/mol. The van der Waals surface area contributed by atoms with E-state index < -0.39 is 5.97 Å². The molecule has 2 rings (SSSR count). The lowest BCUT2D eigenvalue weighted by molar-refractivity contribution is -0.136. The van der Waals surface area contributed by atoms with E-state index in [1.807, 2.05) is 6.07 Å². The molecule has 2 aromatic rings. The second-order valence-corrected chi connectivity index (χ2v) is 3.19. The molecule has 0 fully saturated rings. The number of furan rings is 1. The smallest absolute Gasteiger partial charge is 0.311 e. The van der Waals surface area contributed by atoms with Crippen molar-refractivity contribution in [3.63, 3.8) is 0 Å². The van der Waals surface area contributed by atoms with E-state index in [4.69, 9.17) is 14.3 Å². The van der Waals surface area contributed by atoms with Crippen LogP contribution in [-0.2, 0) is 11.2 Å². The highest BCUT2D eigenvalue weighted by molar-refractivity contribution is 5.81. The Bertz CT molecular complexity index is 498. The largest absolute Gasteiger partial charge is 0.497 e. The van der Waals surface area contributed by atoms with Gasteiger partial charge in [0.05, 0.1) is 7.11 Å². The fourth-order valence-electron chi connectivity index (χ4n) is 1.44. The molecule has 0 saturated heterocycles. The van der Waals surface area contributed by atoms with E-state index >= 15 is 0 Å². The first-order valence-corrected chi connectivity index (χ1v) is 4.47. The summed E-state index contributed by atoms with van der Waals surface area (Å²) >= 11 is 0. The maximum Gasteiger partial charge on any atom is 0.311 e. The third-order valence-corrected chi connectivity index (χ3v) is 2.10. The summed E-state index contributed by atoms with van der Waals surface area (Å²) in [5, 5.41) is 9.46. The summed E-state index contributed by atoms with van der Waals surface area (Å²) in [7, 11) is 1.58. The molecule has 0 bridgehead atoms. The standard InChI is InChI=1S/C11H10O4/c1-14-8-2-3-10-7(4-8)5-9(15-10)6-11(12)13/h2-5H,6H2,1H3,(H,12,13). The molecule has 4 heteroatoms. The molecule has 1 aromatic carbocycles. The summed E-state index contributed by atoms with van der Waals surface area (Å²) in [4.78, 5) is 10.5. The molecule has 0 amide bonds. The Balaban J connectivity index is 2.42. The minimum atomic E-state index is -0.902. The van der Waals surface area contributed by atoms with Gasteiger partial charge in [-0.1, -0.05) is 0 Å². The van der Waals surface area contributed by atoms with Gasteiger partial charge in [-0.25, -0.2) is 0 Å². The second-order valence-electron chi connectivity index (χ2n) is 3.19. The van der Waals surface area contributed by atoms with Gasteiger partial charge in [0.1, 0.15) is 23.5 Å². The Morgan fingerprint density at radius 2 is 2.27 bits per heavy atom. The Hall–Kier alpha value is -1.97. The van der Waals surface area contributed by atoms with Crippen LogP contribution in [0.2, 0.25) is 0 Å². The fourth-order valence-corrected chi connectivity index (χ4v) is 1.44. The summed E-state index contributed by atoms with van der Waals surface area (Å²) in [6.45, 7) is 0. The van der Waals surface area contributed by atoms with E-state index in [0.29, 0.717) is 11.3 Å². The van der Waals surface area contributed by atoms with Gasteiger partial charge < -0.3 is 14.3 Å². The summed E-state index contributed by atoms with van der Waals surface area (Å²) in [6, 6.07) is 7.06. The monoisotopic (exact) mass is 206 g/mol. The molecule has 0 unspecified atom stereocenters. The lowest BCUT2D eigenvalue weighted by atomic mass is 10.2. The van der Waals surface area contributed by atoms with Crippen molar-refractivity contribution in [3.8, 4) is 5.75 Å². The molecule has 0 radical (unpaired) electrons. The normalized spacial score (nSPS) is 10.5. The average molecular weight is 206 g/mol. The molecule has 1 aromatic heterocycles. The Labute approximate surface area is 86.1 Å². The number of carboxylic acids is 1. The Morgan fingerprint density at radius 3 is 2.93 bits per heavy atom. The topological polar surface area (TPSA) is 59.7 Å². The predicted octanol–water partition coefficient (Wildman–Crippen LogP) is 2.07. The first-order valence-electron chi connectivity index (χ1n) is 4.47. The van der Waals surface area contributed by atoms with Gasteiger partial charge in [-0.3, -0.25) is 4.79 Å². The summed E-state index contributed by atoms with van der Waals surface area (Å²) in [5.41, 5.74) is 0.673. The number of fused-ring (bicyclic) bond motifs is 1. The summed E-state index contributed by atoms with van der Waals surface area (Å²) < 4.78 is 10.4. The first-order chi connectivity index (χ1) is 7.19. The van der Waals surface area contributed by atoms with Gasteiger partial charge in [0.15, 0.2) is 0 Å². The second kappa shape index (κ2) is 3.65. The zero-order valence-corrected chi connectivity index (χ0v) is 8.19. The van der Waals surface area contributed by atoms with Crippen LogP contribution in [0, 0.1) is 0 Å². The third kappa shape index (κ3) is 1.93. The molecule has 0 atom stereocenters. The number of rotatable bonds is 3. The lowest BCUT2D eigenvalue weighted by Gasteiger charge is -1.96. The molecule has 4 nitrogen and oxygen atoms in total. The molecule has 78 valence electrons. The van der Waals surface area contributed by atoms with Gasteiger partial charge in [0, 0.05) is 5.39 Å². The van der Waals surface area contributed by atoms with Gasteiger partial charge in [-0.2, -0.15) is 0 Å². The number of hydrogen-bond acceptors (Lipinski definition) is 3. The zero-order chi connectivity index (χ0) is 10.8. The highest BCUT2D eigenvalue weighted by atomic mass is 16.5. The number of ether oxygens (including phenoxy) is 1. The number of benzene rings is 1. The SMILES string of the molecule is COc1ccc2oc(CC(=O)O)cc2c1. The minimum Gasteiger partial charge on any atom is -0.497 e. The average Bonchev–Trinajstić information content (AvgIpc) is 2.57. The molecule has 1 heterocycles. The van der Waals surface area contributed by atoms with E-state index in [1.165, 1.54) is 0 Å². The molecule has 1 N–H and O–H groups in total. The van der Waals surface area contributed by atoms with Crippen molar-refractivity contribution in [2.45, 2.75) is 6.42 Å². The summed E-state index contributed by atoms with van der Waals surface area (Å²) in [5.74, 6) is 0.275. The molecular formula is C11H10O4. The van der Waals surface area contributed by atoms with Gasteiger partial charge in [0.25, 0.3) is 0 Å². The first kappa shape index (κ1) is 9.58. The Kier molecular flexibility index (Phi) is 2.33. The van der Waals surface area contributed by atoms with Crippen LogP contribution in [-0.4, -0.2) is 18.2 Å². The fraction of sp³-hybridized carbons (Fsp3) is 0.182. The number of carboxylic acid groups (broad SMARTS) is 1. The van der Waals surface area contributed by atoms with Gasteiger partial charge in [0.2, 0.25) is 0 Å². The van der Waals surface area contributed by atoms with Crippen molar-refractivity contribution in [1.29, 1.82) is 0 Å². The molecule has 0 saturated carbocycles. The highest BCUT2D eigenvalue weighted by Gasteiger charge is 2.07. The minimum absolute atomic E-state index is 0.100. The van der Waals surface area contributed by atoms with Gasteiger partial charge >= 0.3 is 5.97 Å². The van der Waals surface area contributed by atoms with Crippen molar-refractivity contribution >= 4 is 16.9 Å². The van der Waals surface area contributed by atoms with E-state index in [1.54, 1.807) is 25.3 Å². The highest BCUT2D eigenvalue weighted by Crippen LogP contribution is 2.24. The van der Waals surface area contributed by atoms with Crippen molar-refractivity contribution in [2.75, 3.05) is 7.11 Å². The third-order valence-electron chi connectivity index (χ3n) is 2.10. The van der Waals surface area contributed by atoms with Crippen LogP contribution in [0.5, 0.6) is 5.75 Å². The molecule has 15 heavy (non-hydrogen) atoms. The van der Waals surface area contributed by atoms with Gasteiger partial charge in [-0.15, -0.1) is 0 Å². The van der Waals surface area contributed by atoms with Gasteiger partial charge in [-0.05, 0) is 24.3 Å². The van der Waals surface area contributed by atoms with Crippen LogP contribution in [0.3, 0.4) is 0 Å². The molecule has 0 spiro atoms. The number of aliphatic carboxylic acids is 1. The lowest BCUT2D eigenvalue weighted by Crippen LogP contribution is -1.97. The number of carbonyl (C=O) groups is 1. The van der Waals surface area contributed by atoms with Crippen LogP contribution in [0.4, 0.5) is 0 Å². The molecule has 0 aliphatic rings. The van der Waals surface area contributed by atoms with E-state index in [0.717, 1.165) is 11.1 Å². The summed E-state index contributed by atoms with van der Waals surface area (Å²) in [6.07, 6.45) is -0.100. The van der Waals surface area contributed by atoms with E-state index in [9.17, 15) is 4.79 Å². The van der Waals surface area contributed by atoms with Crippen molar-refractivity contribution < 1.29 is 19.1 Å². The van der Waals surface area contributed by atoms with Crippen LogP contribution >= 0.6 is 0 Å². The van der Waals surface area contributed by atoms with Crippen molar-refractivity contribution in [1.82, 2.24) is 0 Å².